The van der Waals surface area contributed by atoms with E-state index in [4.69, 9.17) is 0 Å². The fourth-order valence-corrected chi connectivity index (χ4v) is 3.50. The van der Waals surface area contributed by atoms with Gasteiger partial charge < -0.3 is 9.67 Å². The summed E-state index contributed by atoms with van der Waals surface area (Å²) >= 11 is 3.49. The van der Waals surface area contributed by atoms with Gasteiger partial charge in [0.05, 0.1) is 5.60 Å². The summed E-state index contributed by atoms with van der Waals surface area (Å²) in [7, 11) is 4.15. The maximum atomic E-state index is 10.5. The number of halogens is 1. The van der Waals surface area contributed by atoms with Crippen molar-refractivity contribution in [2.45, 2.75) is 44.2 Å². The molecular weight excluding hydrogens is 292 g/mol. The topological polar surface area (TPSA) is 28.4 Å². The van der Waals surface area contributed by atoms with Crippen LogP contribution in [0.3, 0.4) is 0 Å². The first-order valence-corrected chi connectivity index (χ1v) is 7.49. The molecule has 0 saturated heterocycles. The van der Waals surface area contributed by atoms with Crippen molar-refractivity contribution in [2.24, 2.45) is 7.05 Å². The zero-order valence-corrected chi connectivity index (χ0v) is 12.9. The highest BCUT2D eigenvalue weighted by Crippen LogP contribution is 2.29. The van der Waals surface area contributed by atoms with Crippen molar-refractivity contribution < 1.29 is 5.11 Å². The smallest absolute Gasteiger partial charge is 0.0774 e. The lowest BCUT2D eigenvalue weighted by Crippen LogP contribution is -2.42. The lowest BCUT2D eigenvalue weighted by atomic mass is 9.84. The second-order valence-electron chi connectivity index (χ2n) is 5.72. The van der Waals surface area contributed by atoms with Crippen LogP contribution in [0.5, 0.6) is 0 Å². The Bertz CT molecular complexity index is 396. The van der Waals surface area contributed by atoms with Crippen molar-refractivity contribution >= 4 is 15.9 Å². The van der Waals surface area contributed by atoms with E-state index in [0.29, 0.717) is 0 Å². The molecule has 102 valence electrons. The molecule has 1 fully saturated rings. The van der Waals surface area contributed by atoms with Crippen LogP contribution in [0.15, 0.2) is 16.7 Å². The number of aryl methyl sites for hydroxylation is 1. The monoisotopic (exact) mass is 314 g/mol. The lowest BCUT2D eigenvalue weighted by molar-refractivity contribution is -0.0226. The number of nitrogens with zero attached hydrogens (tertiary/aromatic N) is 2. The first kappa shape index (κ1) is 14.1. The van der Waals surface area contributed by atoms with Crippen LogP contribution in [0, 0.1) is 0 Å². The number of hydrogen-bond acceptors (Lipinski definition) is 2. The Morgan fingerprint density at radius 3 is 2.61 bits per heavy atom. The van der Waals surface area contributed by atoms with Crippen molar-refractivity contribution in [1.82, 2.24) is 9.47 Å². The fraction of sp³-hybridized carbons (Fsp3) is 0.714. The van der Waals surface area contributed by atoms with Gasteiger partial charge in [-0.05, 0) is 41.9 Å². The molecule has 1 aromatic heterocycles. The number of aliphatic hydroxyl groups is 1. The molecule has 1 aromatic rings. The van der Waals surface area contributed by atoms with Crippen LogP contribution in [0.4, 0.5) is 0 Å². The van der Waals surface area contributed by atoms with Crippen LogP contribution in [0.1, 0.15) is 37.8 Å². The van der Waals surface area contributed by atoms with Gasteiger partial charge in [-0.25, -0.2) is 0 Å². The van der Waals surface area contributed by atoms with Crippen molar-refractivity contribution in [3.05, 3.63) is 22.4 Å². The molecule has 0 radical (unpaired) electrons. The molecule has 4 heteroatoms. The zero-order valence-electron chi connectivity index (χ0n) is 11.3. The Kier molecular flexibility index (Phi) is 4.51. The first-order valence-electron chi connectivity index (χ1n) is 6.70. The van der Waals surface area contributed by atoms with Crippen LogP contribution in [0.25, 0.3) is 0 Å². The van der Waals surface area contributed by atoms with E-state index < -0.39 is 5.60 Å². The highest BCUT2D eigenvalue weighted by molar-refractivity contribution is 9.10. The van der Waals surface area contributed by atoms with Crippen molar-refractivity contribution in [1.29, 1.82) is 0 Å². The summed E-state index contributed by atoms with van der Waals surface area (Å²) in [5.74, 6) is 0. The van der Waals surface area contributed by atoms with Gasteiger partial charge in [-0.15, -0.1) is 0 Å². The van der Waals surface area contributed by atoms with Gasteiger partial charge in [0.2, 0.25) is 0 Å². The molecule has 0 aliphatic heterocycles. The second-order valence-corrected chi connectivity index (χ2v) is 6.63. The first-order chi connectivity index (χ1) is 8.48. The molecule has 0 atom stereocenters. The predicted octanol–water partition coefficient (Wildman–Crippen LogP) is 2.91. The molecule has 3 nitrogen and oxygen atoms in total. The normalized spacial score (nSPS) is 19.4. The second kappa shape index (κ2) is 5.76. The zero-order chi connectivity index (χ0) is 13.2. The molecule has 1 saturated carbocycles. The van der Waals surface area contributed by atoms with Gasteiger partial charge >= 0.3 is 0 Å². The molecule has 1 heterocycles. The van der Waals surface area contributed by atoms with E-state index in [1.807, 2.05) is 0 Å². The maximum Gasteiger partial charge on any atom is 0.0774 e. The number of aromatic nitrogens is 1. The van der Waals surface area contributed by atoms with Gasteiger partial charge in [0.15, 0.2) is 0 Å². The van der Waals surface area contributed by atoms with Gasteiger partial charge in [0, 0.05) is 36.5 Å². The van der Waals surface area contributed by atoms with E-state index in [0.717, 1.165) is 30.4 Å². The third-order valence-corrected chi connectivity index (χ3v) is 4.29. The SMILES string of the molecule is CN(Cc1cc(Br)cn1C)CC1(O)CCCCC1. The number of hydrogen-bond donors (Lipinski definition) is 1. The molecule has 0 aromatic carbocycles. The molecule has 0 unspecified atom stereocenters. The Balaban J connectivity index is 1.91. The van der Waals surface area contributed by atoms with Crippen LogP contribution in [0.2, 0.25) is 0 Å². The molecule has 1 aliphatic rings. The maximum absolute atomic E-state index is 10.5. The van der Waals surface area contributed by atoms with Crippen LogP contribution >= 0.6 is 15.9 Å². The van der Waals surface area contributed by atoms with Crippen molar-refractivity contribution in [2.75, 3.05) is 13.6 Å². The summed E-state index contributed by atoms with van der Waals surface area (Å²) in [6.07, 6.45) is 7.58. The van der Waals surface area contributed by atoms with E-state index in [9.17, 15) is 5.11 Å². The quantitative estimate of drug-likeness (QED) is 0.925. The summed E-state index contributed by atoms with van der Waals surface area (Å²) in [5.41, 5.74) is 0.804. The third-order valence-electron chi connectivity index (χ3n) is 3.85. The minimum absolute atomic E-state index is 0.463. The van der Waals surface area contributed by atoms with Gasteiger partial charge in [0.1, 0.15) is 0 Å². The standard InChI is InChI=1S/C14H23BrN2O/c1-16(10-13-8-12(15)9-17(13)2)11-14(18)6-4-3-5-7-14/h8-9,18H,3-7,10-11H2,1-2H3. The van der Waals surface area contributed by atoms with E-state index in [-0.39, 0.29) is 0 Å². The summed E-state index contributed by atoms with van der Waals surface area (Å²) in [5, 5.41) is 10.5. The lowest BCUT2D eigenvalue weighted by Gasteiger charge is -2.35. The van der Waals surface area contributed by atoms with Crippen LogP contribution in [-0.2, 0) is 13.6 Å². The largest absolute Gasteiger partial charge is 0.389 e. The van der Waals surface area contributed by atoms with E-state index in [1.54, 1.807) is 0 Å². The highest BCUT2D eigenvalue weighted by atomic mass is 79.9. The molecule has 0 spiro atoms. The van der Waals surface area contributed by atoms with E-state index in [2.05, 4.69) is 51.8 Å². The van der Waals surface area contributed by atoms with Crippen LogP contribution in [-0.4, -0.2) is 33.8 Å². The Morgan fingerprint density at radius 2 is 2.06 bits per heavy atom. The number of likely N-dealkylation sites (N-methyl/N-ethyl adjacent to an activating group) is 1. The van der Waals surface area contributed by atoms with E-state index >= 15 is 0 Å². The molecular formula is C14H23BrN2O. The number of rotatable bonds is 4. The Labute approximate surface area is 118 Å². The van der Waals surface area contributed by atoms with Gasteiger partial charge in [0.25, 0.3) is 0 Å². The van der Waals surface area contributed by atoms with Crippen LogP contribution < -0.4 is 0 Å². The Hall–Kier alpha value is -0.320. The average Bonchev–Trinajstić information content (AvgIpc) is 2.57. The van der Waals surface area contributed by atoms with Gasteiger partial charge in [-0.2, -0.15) is 0 Å². The summed E-state index contributed by atoms with van der Waals surface area (Å²) in [6.45, 7) is 1.65. The molecule has 1 aliphatic carbocycles. The van der Waals surface area contributed by atoms with Gasteiger partial charge in [-0.1, -0.05) is 19.3 Å². The molecule has 18 heavy (non-hydrogen) atoms. The molecule has 0 bridgehead atoms. The summed E-state index contributed by atoms with van der Waals surface area (Å²) in [4.78, 5) is 2.23. The fourth-order valence-electron chi connectivity index (χ4n) is 2.93. The average molecular weight is 315 g/mol. The molecule has 2 rings (SSSR count). The van der Waals surface area contributed by atoms with E-state index in [1.165, 1.54) is 25.0 Å². The Morgan fingerprint density at radius 1 is 1.39 bits per heavy atom. The minimum Gasteiger partial charge on any atom is -0.389 e. The third kappa shape index (κ3) is 3.59. The van der Waals surface area contributed by atoms with Crippen molar-refractivity contribution in [3.63, 3.8) is 0 Å². The minimum atomic E-state index is -0.463. The summed E-state index contributed by atoms with van der Waals surface area (Å²) < 4.78 is 3.25. The van der Waals surface area contributed by atoms with Crippen molar-refractivity contribution in [3.8, 4) is 0 Å². The molecule has 1 N–H and O–H groups in total. The predicted molar refractivity (Wildman–Crippen MR) is 77.5 cm³/mol. The van der Waals surface area contributed by atoms with Gasteiger partial charge in [-0.3, -0.25) is 4.90 Å². The molecule has 0 amide bonds. The highest BCUT2D eigenvalue weighted by Gasteiger charge is 2.30. The summed E-state index contributed by atoms with van der Waals surface area (Å²) in [6, 6.07) is 2.14.